The zero-order valence-electron chi connectivity index (χ0n) is 12.5. The Kier molecular flexibility index (Phi) is 4.26. The van der Waals surface area contributed by atoms with Gasteiger partial charge in [0, 0.05) is 16.6 Å². The number of aldehydes is 1. The number of halogens is 2. The number of anilines is 1. The number of rotatable bonds is 4. The molecule has 0 aromatic carbocycles. The summed E-state index contributed by atoms with van der Waals surface area (Å²) in [6.07, 6.45) is 0.994. The van der Waals surface area contributed by atoms with Crippen LogP contribution in [0.1, 0.15) is 15.2 Å². The number of hydrogen-bond donors (Lipinski definition) is 2. The predicted molar refractivity (Wildman–Crippen MR) is 89.9 cm³/mol. The summed E-state index contributed by atoms with van der Waals surface area (Å²) < 4.78 is 27.4. The van der Waals surface area contributed by atoms with E-state index >= 15 is 0 Å². The van der Waals surface area contributed by atoms with Crippen molar-refractivity contribution in [3.05, 3.63) is 41.0 Å². The van der Waals surface area contributed by atoms with Gasteiger partial charge in [-0.05, 0) is 25.1 Å². The van der Waals surface area contributed by atoms with E-state index < -0.39 is 12.3 Å². The molecule has 9 heteroatoms. The van der Waals surface area contributed by atoms with Crippen LogP contribution in [0.4, 0.5) is 14.5 Å². The van der Waals surface area contributed by atoms with Gasteiger partial charge in [0.2, 0.25) is 0 Å². The molecular weight excluding hydrogens is 336 g/mol. The standard InChI is InChI=1S/C15H13F2N5OS/c1-8-2-3-12(24-8)11-5-19-15-10(20-14(21-18)13(16)17)4-9(7-23)6-22(11)15/h2-7,13H,18H2,1H3,(H,20,21). The van der Waals surface area contributed by atoms with E-state index in [2.05, 4.69) is 15.4 Å². The lowest BCUT2D eigenvalue weighted by Gasteiger charge is -2.10. The van der Waals surface area contributed by atoms with Gasteiger partial charge in [0.15, 0.2) is 17.8 Å². The summed E-state index contributed by atoms with van der Waals surface area (Å²) in [4.78, 5) is 17.6. The zero-order valence-corrected chi connectivity index (χ0v) is 13.3. The first-order chi connectivity index (χ1) is 11.5. The Balaban J connectivity index is 2.16. The summed E-state index contributed by atoms with van der Waals surface area (Å²) in [5.74, 6) is 4.29. The number of hydrogen-bond acceptors (Lipinski definition) is 5. The molecule has 3 rings (SSSR count). The van der Waals surface area contributed by atoms with Gasteiger partial charge >= 0.3 is 0 Å². The molecular formula is C15H13F2N5OS. The Labute approximate surface area is 139 Å². The van der Waals surface area contributed by atoms with Crippen molar-refractivity contribution in [2.24, 2.45) is 10.9 Å². The number of fused-ring (bicyclic) bond motifs is 1. The van der Waals surface area contributed by atoms with Crippen LogP contribution in [0.3, 0.4) is 0 Å². The highest BCUT2D eigenvalue weighted by Crippen LogP contribution is 2.30. The topological polar surface area (TPSA) is 84.8 Å². The molecule has 3 N–H and O–H groups in total. The van der Waals surface area contributed by atoms with Gasteiger partial charge in [-0.1, -0.05) is 0 Å². The summed E-state index contributed by atoms with van der Waals surface area (Å²) >= 11 is 1.57. The number of hydrazone groups is 1. The van der Waals surface area contributed by atoms with E-state index in [0.29, 0.717) is 17.5 Å². The number of nitrogens with one attached hydrogen (secondary N) is 1. The summed E-state index contributed by atoms with van der Waals surface area (Å²) in [6.45, 7) is 1.98. The normalized spacial score (nSPS) is 12.1. The molecule has 0 saturated carbocycles. The Morgan fingerprint density at radius 2 is 2.29 bits per heavy atom. The van der Waals surface area contributed by atoms with Crippen LogP contribution in [0.2, 0.25) is 0 Å². The number of nitrogens with zero attached hydrogens (tertiary/aromatic N) is 3. The van der Waals surface area contributed by atoms with Gasteiger partial charge in [-0.25, -0.2) is 13.8 Å². The molecule has 0 unspecified atom stereocenters. The van der Waals surface area contributed by atoms with E-state index in [1.54, 1.807) is 28.1 Å². The van der Waals surface area contributed by atoms with Crippen LogP contribution in [-0.2, 0) is 0 Å². The maximum atomic E-state index is 12.9. The fourth-order valence-electron chi connectivity index (χ4n) is 2.30. The number of carbonyl (C=O) groups excluding carboxylic acids is 1. The van der Waals surface area contributed by atoms with Crippen molar-refractivity contribution >= 4 is 34.8 Å². The molecule has 3 aromatic heterocycles. The summed E-state index contributed by atoms with van der Waals surface area (Å²) in [5.41, 5.74) is 1.69. The van der Waals surface area contributed by atoms with Gasteiger partial charge in [-0.2, -0.15) is 5.10 Å². The van der Waals surface area contributed by atoms with E-state index in [1.165, 1.54) is 6.07 Å². The van der Waals surface area contributed by atoms with Crippen molar-refractivity contribution in [1.29, 1.82) is 0 Å². The number of aromatic nitrogens is 2. The molecule has 0 aliphatic heterocycles. The van der Waals surface area contributed by atoms with Crippen LogP contribution >= 0.6 is 11.3 Å². The van der Waals surface area contributed by atoms with E-state index in [4.69, 9.17) is 5.84 Å². The van der Waals surface area contributed by atoms with E-state index in [0.717, 1.165) is 15.4 Å². The van der Waals surface area contributed by atoms with Gasteiger partial charge in [-0.15, -0.1) is 11.3 Å². The number of aryl methyl sites for hydroxylation is 1. The highest BCUT2D eigenvalue weighted by atomic mass is 32.1. The Morgan fingerprint density at radius 3 is 2.88 bits per heavy atom. The molecule has 0 spiro atoms. The zero-order chi connectivity index (χ0) is 17.3. The van der Waals surface area contributed by atoms with Crippen LogP contribution in [-0.4, -0.2) is 27.9 Å². The second-order valence-corrected chi connectivity index (χ2v) is 6.28. The van der Waals surface area contributed by atoms with E-state index in [-0.39, 0.29) is 5.69 Å². The first kappa shape index (κ1) is 16.1. The first-order valence-corrected chi connectivity index (χ1v) is 7.71. The molecule has 0 saturated heterocycles. The minimum absolute atomic E-state index is 0.226. The van der Waals surface area contributed by atoms with Crippen LogP contribution in [0.25, 0.3) is 16.2 Å². The highest BCUT2D eigenvalue weighted by Gasteiger charge is 2.17. The maximum Gasteiger partial charge on any atom is 0.297 e. The predicted octanol–water partition coefficient (Wildman–Crippen LogP) is 3.13. The fourth-order valence-corrected chi connectivity index (χ4v) is 3.18. The monoisotopic (exact) mass is 349 g/mol. The Hall–Kier alpha value is -2.81. The Morgan fingerprint density at radius 1 is 1.50 bits per heavy atom. The van der Waals surface area contributed by atoms with Crippen LogP contribution < -0.4 is 11.2 Å². The molecule has 24 heavy (non-hydrogen) atoms. The van der Waals surface area contributed by atoms with Gasteiger partial charge in [0.05, 0.1) is 22.5 Å². The number of nitrogens with two attached hydrogens (primary N) is 1. The van der Waals surface area contributed by atoms with E-state index in [9.17, 15) is 13.6 Å². The van der Waals surface area contributed by atoms with Crippen molar-refractivity contribution in [3.63, 3.8) is 0 Å². The second-order valence-electron chi connectivity index (χ2n) is 4.99. The lowest BCUT2D eigenvalue weighted by atomic mass is 10.2. The summed E-state index contributed by atoms with van der Waals surface area (Å²) in [7, 11) is 0. The largest absolute Gasteiger partial charge is 0.334 e. The summed E-state index contributed by atoms with van der Waals surface area (Å²) in [6, 6.07) is 5.33. The second kappa shape index (κ2) is 6.36. The van der Waals surface area contributed by atoms with Crippen LogP contribution in [0, 0.1) is 6.92 Å². The number of thiophene rings is 1. The van der Waals surface area contributed by atoms with Crippen molar-refractivity contribution in [3.8, 4) is 10.6 Å². The average molecular weight is 349 g/mol. The molecule has 0 aliphatic rings. The van der Waals surface area contributed by atoms with Crippen LogP contribution in [0.5, 0.6) is 0 Å². The number of carbonyl (C=O) groups is 1. The lowest BCUT2D eigenvalue weighted by molar-refractivity contribution is 0.112. The van der Waals surface area contributed by atoms with Gasteiger partial charge < -0.3 is 11.2 Å². The molecule has 6 nitrogen and oxygen atoms in total. The van der Waals surface area contributed by atoms with Gasteiger partial charge in [0.25, 0.3) is 6.43 Å². The van der Waals surface area contributed by atoms with Crippen molar-refractivity contribution < 1.29 is 13.6 Å². The molecule has 0 amide bonds. The molecule has 124 valence electrons. The van der Waals surface area contributed by atoms with Crippen molar-refractivity contribution in [2.45, 2.75) is 13.3 Å². The number of amidine groups is 1. The lowest BCUT2D eigenvalue weighted by Crippen LogP contribution is -2.23. The van der Waals surface area contributed by atoms with Crippen molar-refractivity contribution in [2.75, 3.05) is 5.32 Å². The Bertz CT molecular complexity index is 931. The molecule has 0 fully saturated rings. The van der Waals surface area contributed by atoms with Crippen LogP contribution in [0.15, 0.2) is 35.7 Å². The molecule has 0 aliphatic carbocycles. The minimum Gasteiger partial charge on any atom is -0.334 e. The maximum absolute atomic E-state index is 12.9. The fraction of sp³-hybridized carbons (Fsp3) is 0.133. The minimum atomic E-state index is -2.87. The number of imidazole rings is 1. The average Bonchev–Trinajstić information content (AvgIpc) is 3.17. The van der Waals surface area contributed by atoms with Crippen molar-refractivity contribution in [1.82, 2.24) is 9.38 Å². The van der Waals surface area contributed by atoms with Gasteiger partial charge in [0.1, 0.15) is 0 Å². The number of pyridine rings is 1. The molecule has 0 radical (unpaired) electrons. The quantitative estimate of drug-likeness (QED) is 0.249. The third-order valence-corrected chi connectivity index (χ3v) is 4.39. The number of alkyl halides is 2. The molecule has 0 atom stereocenters. The first-order valence-electron chi connectivity index (χ1n) is 6.89. The highest BCUT2D eigenvalue weighted by molar-refractivity contribution is 7.15. The van der Waals surface area contributed by atoms with E-state index in [1.807, 2.05) is 19.1 Å². The third kappa shape index (κ3) is 2.85. The summed E-state index contributed by atoms with van der Waals surface area (Å²) in [5, 5.41) is 5.50. The molecule has 3 heterocycles. The molecule has 3 aromatic rings. The SMILES string of the molecule is Cc1ccc(-c2cnc3c(N/C(=N\N)C(F)F)cc(C=O)cn23)s1. The third-order valence-electron chi connectivity index (χ3n) is 3.36. The smallest absolute Gasteiger partial charge is 0.297 e. The van der Waals surface area contributed by atoms with Gasteiger partial charge in [-0.3, -0.25) is 9.20 Å². The molecule has 0 bridgehead atoms.